The standard InChI is InChI=1S/C22H23N5O2S/c23-19(28)14-6-7-26(9-14)22-24-20(27-10-16-8-15(27)11-29-16)18-17(12-30-21(18)25-22)13-4-2-1-3-5-13/h1-5,12,14-16H,6-11H2,(H2,23,28). The molecule has 3 atom stereocenters. The summed E-state index contributed by atoms with van der Waals surface area (Å²) in [5.41, 5.74) is 7.90. The Morgan fingerprint density at radius 2 is 2.07 bits per heavy atom. The number of aromatic nitrogens is 2. The van der Waals surface area contributed by atoms with Gasteiger partial charge in [-0.1, -0.05) is 30.3 Å². The number of nitrogens with two attached hydrogens (primary N) is 1. The zero-order valence-electron chi connectivity index (χ0n) is 16.5. The number of primary amides is 1. The van der Waals surface area contributed by atoms with Crippen molar-refractivity contribution in [2.24, 2.45) is 11.7 Å². The molecule has 3 aliphatic rings. The van der Waals surface area contributed by atoms with Gasteiger partial charge in [0.2, 0.25) is 11.9 Å². The molecule has 1 amide bonds. The number of rotatable bonds is 4. The summed E-state index contributed by atoms with van der Waals surface area (Å²) in [5, 5.41) is 3.30. The zero-order valence-corrected chi connectivity index (χ0v) is 17.3. The number of thiophene rings is 1. The summed E-state index contributed by atoms with van der Waals surface area (Å²) in [6.07, 6.45) is 2.10. The normalized spacial score (nSPS) is 25.5. The van der Waals surface area contributed by atoms with Crippen molar-refractivity contribution < 1.29 is 9.53 Å². The molecule has 3 unspecified atom stereocenters. The summed E-state index contributed by atoms with van der Waals surface area (Å²) in [6.45, 7) is 2.96. The Kier molecular flexibility index (Phi) is 4.17. The minimum Gasteiger partial charge on any atom is -0.374 e. The van der Waals surface area contributed by atoms with Crippen LogP contribution in [0.4, 0.5) is 11.8 Å². The van der Waals surface area contributed by atoms with Crippen LogP contribution >= 0.6 is 11.3 Å². The van der Waals surface area contributed by atoms with Crippen molar-refractivity contribution in [1.29, 1.82) is 0 Å². The molecule has 0 radical (unpaired) electrons. The fraction of sp³-hybridized carbons (Fsp3) is 0.409. The lowest BCUT2D eigenvalue weighted by Crippen LogP contribution is -2.38. The highest BCUT2D eigenvalue weighted by atomic mass is 32.1. The second-order valence-electron chi connectivity index (χ2n) is 8.37. The summed E-state index contributed by atoms with van der Waals surface area (Å²) in [4.78, 5) is 27.1. The summed E-state index contributed by atoms with van der Waals surface area (Å²) in [5.74, 6) is 1.32. The van der Waals surface area contributed by atoms with Crippen LogP contribution in [0.5, 0.6) is 0 Å². The molecule has 2 bridgehead atoms. The highest BCUT2D eigenvalue weighted by molar-refractivity contribution is 7.17. The van der Waals surface area contributed by atoms with Gasteiger partial charge < -0.3 is 20.3 Å². The van der Waals surface area contributed by atoms with Crippen LogP contribution in [-0.4, -0.2) is 54.3 Å². The molecular weight excluding hydrogens is 398 g/mol. The maximum Gasteiger partial charge on any atom is 0.228 e. The van der Waals surface area contributed by atoms with E-state index in [-0.39, 0.29) is 17.9 Å². The first-order valence-corrected chi connectivity index (χ1v) is 11.3. The predicted octanol–water partition coefficient (Wildman–Crippen LogP) is 2.65. The fourth-order valence-electron chi connectivity index (χ4n) is 4.93. The molecule has 8 heteroatoms. The third-order valence-electron chi connectivity index (χ3n) is 6.53. The van der Waals surface area contributed by atoms with E-state index in [2.05, 4.69) is 39.4 Å². The largest absolute Gasteiger partial charge is 0.374 e. The smallest absolute Gasteiger partial charge is 0.228 e. The number of amides is 1. The van der Waals surface area contributed by atoms with E-state index in [0.717, 1.165) is 48.6 Å². The fourth-order valence-corrected chi connectivity index (χ4v) is 5.86. The molecule has 2 N–H and O–H groups in total. The van der Waals surface area contributed by atoms with E-state index in [4.69, 9.17) is 20.4 Å². The summed E-state index contributed by atoms with van der Waals surface area (Å²) in [6, 6.07) is 10.8. The van der Waals surface area contributed by atoms with E-state index in [1.165, 1.54) is 11.1 Å². The van der Waals surface area contributed by atoms with E-state index < -0.39 is 0 Å². The average Bonchev–Trinajstić information content (AvgIpc) is 3.57. The highest BCUT2D eigenvalue weighted by Gasteiger charge is 2.41. The summed E-state index contributed by atoms with van der Waals surface area (Å²) < 4.78 is 5.84. The van der Waals surface area contributed by atoms with Gasteiger partial charge in [-0.2, -0.15) is 4.98 Å². The lowest BCUT2D eigenvalue weighted by Gasteiger charge is -2.29. The molecule has 7 nitrogen and oxygen atoms in total. The van der Waals surface area contributed by atoms with Crippen LogP contribution in [0.3, 0.4) is 0 Å². The Balaban J connectivity index is 1.48. The van der Waals surface area contributed by atoms with E-state index >= 15 is 0 Å². The molecule has 5 heterocycles. The maximum atomic E-state index is 11.6. The third kappa shape index (κ3) is 2.86. The quantitative estimate of drug-likeness (QED) is 0.697. The number of carbonyl (C=O) groups is 1. The Morgan fingerprint density at radius 3 is 2.77 bits per heavy atom. The Morgan fingerprint density at radius 1 is 1.20 bits per heavy atom. The van der Waals surface area contributed by atoms with Gasteiger partial charge in [0, 0.05) is 30.6 Å². The van der Waals surface area contributed by atoms with Crippen molar-refractivity contribution in [3.63, 3.8) is 0 Å². The number of benzene rings is 1. The van der Waals surface area contributed by atoms with Crippen molar-refractivity contribution in [2.45, 2.75) is 25.0 Å². The van der Waals surface area contributed by atoms with Crippen molar-refractivity contribution in [1.82, 2.24) is 9.97 Å². The molecular formula is C22H23N5O2S. The van der Waals surface area contributed by atoms with Crippen LogP contribution in [0.15, 0.2) is 35.7 Å². The molecule has 30 heavy (non-hydrogen) atoms. The Bertz CT molecular complexity index is 1120. The monoisotopic (exact) mass is 421 g/mol. The molecule has 154 valence electrons. The van der Waals surface area contributed by atoms with Gasteiger partial charge in [0.05, 0.1) is 30.1 Å². The molecule has 3 aromatic rings. The summed E-state index contributed by atoms with van der Waals surface area (Å²) >= 11 is 1.65. The van der Waals surface area contributed by atoms with E-state index in [0.29, 0.717) is 18.5 Å². The molecule has 2 aromatic heterocycles. The first kappa shape index (κ1) is 18.1. The topological polar surface area (TPSA) is 84.6 Å². The first-order chi connectivity index (χ1) is 14.7. The molecule has 0 spiro atoms. The van der Waals surface area contributed by atoms with Gasteiger partial charge in [0.25, 0.3) is 0 Å². The van der Waals surface area contributed by atoms with Crippen LogP contribution in [-0.2, 0) is 9.53 Å². The summed E-state index contributed by atoms with van der Waals surface area (Å²) in [7, 11) is 0. The predicted molar refractivity (Wildman–Crippen MR) is 118 cm³/mol. The zero-order chi connectivity index (χ0) is 20.2. The SMILES string of the molecule is NC(=O)C1CCN(c2nc(N3CC4CC3CO4)c3c(-c4ccccc4)csc3n2)C1. The van der Waals surface area contributed by atoms with Crippen LogP contribution in [0.2, 0.25) is 0 Å². The van der Waals surface area contributed by atoms with Gasteiger partial charge in [-0.15, -0.1) is 11.3 Å². The van der Waals surface area contributed by atoms with Crippen molar-refractivity contribution in [2.75, 3.05) is 36.0 Å². The molecule has 3 aliphatic heterocycles. The van der Waals surface area contributed by atoms with Crippen LogP contribution in [0.1, 0.15) is 12.8 Å². The van der Waals surface area contributed by atoms with Gasteiger partial charge in [-0.25, -0.2) is 4.98 Å². The van der Waals surface area contributed by atoms with E-state index in [9.17, 15) is 4.79 Å². The minimum atomic E-state index is -0.240. The lowest BCUT2D eigenvalue weighted by atomic mass is 10.1. The number of ether oxygens (including phenoxy) is 1. The van der Waals surface area contributed by atoms with Gasteiger partial charge in [0.15, 0.2) is 0 Å². The second kappa shape index (κ2) is 6.92. The highest BCUT2D eigenvalue weighted by Crippen LogP contribution is 2.43. The lowest BCUT2D eigenvalue weighted by molar-refractivity contribution is -0.121. The minimum absolute atomic E-state index is 0.132. The number of morpholine rings is 1. The molecule has 0 aliphatic carbocycles. The molecule has 0 saturated carbocycles. The van der Waals surface area contributed by atoms with Gasteiger partial charge >= 0.3 is 0 Å². The first-order valence-electron chi connectivity index (χ1n) is 10.4. The third-order valence-corrected chi connectivity index (χ3v) is 7.41. The number of hydrogen-bond acceptors (Lipinski definition) is 7. The van der Waals surface area contributed by atoms with Crippen molar-refractivity contribution >= 4 is 39.2 Å². The molecule has 3 saturated heterocycles. The number of nitrogens with zero attached hydrogens (tertiary/aromatic N) is 4. The molecule has 1 aromatic carbocycles. The van der Waals surface area contributed by atoms with Gasteiger partial charge in [-0.3, -0.25) is 4.79 Å². The Hall–Kier alpha value is -2.71. The number of hydrogen-bond donors (Lipinski definition) is 1. The molecule has 6 rings (SSSR count). The Labute approximate surface area is 178 Å². The average molecular weight is 422 g/mol. The van der Waals surface area contributed by atoms with Gasteiger partial charge in [-0.05, 0) is 18.4 Å². The number of carbonyl (C=O) groups excluding carboxylic acids is 1. The van der Waals surface area contributed by atoms with Crippen LogP contribution < -0.4 is 15.5 Å². The second-order valence-corrected chi connectivity index (χ2v) is 9.23. The van der Waals surface area contributed by atoms with Crippen molar-refractivity contribution in [3.05, 3.63) is 35.7 Å². The van der Waals surface area contributed by atoms with Crippen LogP contribution in [0.25, 0.3) is 21.3 Å². The number of anilines is 2. The maximum absolute atomic E-state index is 11.6. The van der Waals surface area contributed by atoms with E-state index in [1.54, 1.807) is 11.3 Å². The number of fused-ring (bicyclic) bond motifs is 3. The van der Waals surface area contributed by atoms with Crippen molar-refractivity contribution in [3.8, 4) is 11.1 Å². The molecule has 3 fully saturated rings. The van der Waals surface area contributed by atoms with Gasteiger partial charge in [0.1, 0.15) is 10.6 Å². The van der Waals surface area contributed by atoms with E-state index in [1.807, 2.05) is 6.07 Å². The van der Waals surface area contributed by atoms with Crippen LogP contribution in [0, 0.1) is 5.92 Å².